The van der Waals surface area contributed by atoms with Crippen molar-refractivity contribution in [2.75, 3.05) is 0 Å². The number of rotatable bonds is 0. The van der Waals surface area contributed by atoms with Crippen LogP contribution in [0.5, 0.6) is 0 Å². The van der Waals surface area contributed by atoms with Gasteiger partial charge in [0.25, 0.3) is 0 Å². The number of hydrogen-bond donors (Lipinski definition) is 0. The summed E-state index contributed by atoms with van der Waals surface area (Å²) in [5.41, 5.74) is 10.0. The van der Waals surface area contributed by atoms with Gasteiger partial charge in [0.15, 0.2) is 0 Å². The molecule has 0 spiro atoms. The van der Waals surface area contributed by atoms with Crippen LogP contribution < -0.4 is 5.19 Å². The summed E-state index contributed by atoms with van der Waals surface area (Å²) in [6.45, 7) is 6.67. The molecule has 3 rings (SSSR count). The predicted octanol–water partition coefficient (Wildman–Crippen LogP) is 2.98. The van der Waals surface area contributed by atoms with E-state index in [0.717, 1.165) is 6.42 Å². The van der Waals surface area contributed by atoms with Crippen LogP contribution in [0.1, 0.15) is 27.8 Å². The van der Waals surface area contributed by atoms with Gasteiger partial charge in [0.2, 0.25) is 0 Å². The summed E-state index contributed by atoms with van der Waals surface area (Å²) in [4.78, 5) is 0. The minimum absolute atomic E-state index is 1.06. The average Bonchev–Trinajstić information content (AvgIpc) is 2.73. The zero-order valence-electron chi connectivity index (χ0n) is 10.5. The summed E-state index contributed by atoms with van der Waals surface area (Å²) in [7, 11) is 3.83. The lowest BCUT2D eigenvalue weighted by atomic mass is 9.93. The lowest BCUT2D eigenvalue weighted by molar-refractivity contribution is 1.23. The Labute approximate surface area is 106 Å². The van der Waals surface area contributed by atoms with E-state index in [0.29, 0.717) is 0 Å². The summed E-state index contributed by atoms with van der Waals surface area (Å²) in [5, 5.41) is 1.29. The molecule has 2 aromatic rings. The quantitative estimate of drug-likeness (QED) is 0.526. The van der Waals surface area contributed by atoms with Crippen molar-refractivity contribution in [1.29, 1.82) is 0 Å². The van der Waals surface area contributed by atoms with Crippen molar-refractivity contribution in [2.24, 2.45) is 0 Å². The van der Waals surface area contributed by atoms with Crippen molar-refractivity contribution in [2.45, 2.75) is 27.2 Å². The van der Waals surface area contributed by atoms with E-state index in [1.165, 1.54) is 44.1 Å². The molecule has 0 atom stereocenters. The molecule has 0 saturated carbocycles. The van der Waals surface area contributed by atoms with Gasteiger partial charge in [-0.1, -0.05) is 29.5 Å². The predicted molar refractivity (Wildman–Crippen MR) is 74.3 cm³/mol. The first-order valence-corrected chi connectivity index (χ1v) is 6.53. The molecule has 2 aromatic carbocycles. The second-order valence-electron chi connectivity index (χ2n) is 4.94. The van der Waals surface area contributed by atoms with Crippen molar-refractivity contribution in [1.82, 2.24) is 0 Å². The van der Waals surface area contributed by atoms with Gasteiger partial charge in [0, 0.05) is 0 Å². The highest BCUT2D eigenvalue weighted by molar-refractivity contribution is 6.35. The fraction of sp³-hybridized carbons (Fsp3) is 0.250. The molecule has 3 radical (unpaired) electrons. The van der Waals surface area contributed by atoms with E-state index in [1.807, 2.05) is 0 Å². The second kappa shape index (κ2) is 3.57. The first-order valence-electron chi connectivity index (χ1n) is 6.03. The summed E-state index contributed by atoms with van der Waals surface area (Å²) in [6, 6.07) is 8.75. The van der Waals surface area contributed by atoms with Crippen molar-refractivity contribution in [3.8, 4) is 11.1 Å². The van der Waals surface area contributed by atoms with Crippen LogP contribution in [-0.2, 0) is 6.42 Å². The molecule has 83 valence electrons. The fourth-order valence-electron chi connectivity index (χ4n) is 2.88. The Hall–Kier alpha value is -1.34. The lowest BCUT2D eigenvalue weighted by Crippen LogP contribution is -2.16. The Morgan fingerprint density at radius 3 is 2.41 bits per heavy atom. The normalized spacial score (nSPS) is 12.5. The van der Waals surface area contributed by atoms with Gasteiger partial charge in [-0.05, 0) is 66.1 Å². The minimum Gasteiger partial charge on any atom is -0.0619 e. The van der Waals surface area contributed by atoms with Crippen molar-refractivity contribution in [3.05, 3.63) is 52.1 Å². The van der Waals surface area contributed by atoms with Gasteiger partial charge < -0.3 is 0 Å². The van der Waals surface area contributed by atoms with Crippen LogP contribution in [0.4, 0.5) is 0 Å². The molecule has 0 fully saturated rings. The van der Waals surface area contributed by atoms with Crippen molar-refractivity contribution in [3.63, 3.8) is 0 Å². The largest absolute Gasteiger partial charge is 0.0720 e. The minimum atomic E-state index is 1.06. The molecule has 0 saturated heterocycles. The number of hydrogen-bond acceptors (Lipinski definition) is 0. The van der Waals surface area contributed by atoms with Crippen LogP contribution >= 0.6 is 0 Å². The summed E-state index contributed by atoms with van der Waals surface area (Å²) < 4.78 is 0. The van der Waals surface area contributed by atoms with E-state index in [2.05, 4.69) is 55.3 Å². The highest BCUT2D eigenvalue weighted by Gasteiger charge is 2.23. The molecule has 0 nitrogen and oxygen atoms in total. The van der Waals surface area contributed by atoms with Gasteiger partial charge in [-0.25, -0.2) is 0 Å². The molecule has 1 heteroatoms. The van der Waals surface area contributed by atoms with Gasteiger partial charge in [0.1, 0.15) is 0 Å². The molecule has 0 unspecified atom stereocenters. The monoisotopic (exact) mass is 235 g/mol. The molecule has 0 bridgehead atoms. The number of benzene rings is 2. The van der Waals surface area contributed by atoms with E-state index in [9.17, 15) is 0 Å². The lowest BCUT2D eigenvalue weighted by Gasteiger charge is -2.16. The van der Waals surface area contributed by atoms with Crippen LogP contribution in [-0.4, -0.2) is 10.2 Å². The van der Waals surface area contributed by atoms with Gasteiger partial charge >= 0.3 is 0 Å². The molecular weight excluding hydrogens is 220 g/mol. The topological polar surface area (TPSA) is 0 Å². The van der Waals surface area contributed by atoms with Gasteiger partial charge in [-0.3, -0.25) is 0 Å². The first-order chi connectivity index (χ1) is 8.11. The highest BCUT2D eigenvalue weighted by atomic mass is 28.1. The molecule has 0 aliphatic heterocycles. The van der Waals surface area contributed by atoms with E-state index < -0.39 is 0 Å². The smallest absolute Gasteiger partial charge is 0.0619 e. The molecule has 17 heavy (non-hydrogen) atoms. The maximum absolute atomic E-state index is 3.83. The second-order valence-corrected chi connectivity index (χ2v) is 5.44. The Kier molecular flexibility index (Phi) is 2.27. The van der Waals surface area contributed by atoms with Crippen LogP contribution in [0, 0.1) is 20.8 Å². The first kappa shape index (κ1) is 10.8. The summed E-state index contributed by atoms with van der Waals surface area (Å²) in [5.74, 6) is 0. The molecule has 0 N–H and O–H groups in total. The number of fused-ring (bicyclic) bond motifs is 3. The zero-order valence-corrected chi connectivity index (χ0v) is 11.5. The van der Waals surface area contributed by atoms with Gasteiger partial charge in [-0.15, -0.1) is 0 Å². The van der Waals surface area contributed by atoms with Crippen molar-refractivity contribution < 1.29 is 0 Å². The molecule has 0 aromatic heterocycles. The third-order valence-electron chi connectivity index (χ3n) is 4.13. The average molecular weight is 235 g/mol. The molecule has 0 amide bonds. The Bertz CT molecular complexity index is 624. The third kappa shape index (κ3) is 1.35. The molecular formula is C16H15Si. The van der Waals surface area contributed by atoms with Crippen molar-refractivity contribution >= 4 is 15.4 Å². The highest BCUT2D eigenvalue weighted by Crippen LogP contribution is 2.39. The molecule has 1 aliphatic rings. The van der Waals surface area contributed by atoms with E-state index >= 15 is 0 Å². The molecule has 1 aliphatic carbocycles. The molecule has 0 heterocycles. The van der Waals surface area contributed by atoms with Gasteiger partial charge in [-0.2, -0.15) is 0 Å². The maximum atomic E-state index is 3.83. The van der Waals surface area contributed by atoms with Crippen LogP contribution in [0.2, 0.25) is 0 Å². The van der Waals surface area contributed by atoms with E-state index in [-0.39, 0.29) is 0 Å². The zero-order chi connectivity index (χ0) is 12.2. The van der Waals surface area contributed by atoms with Crippen LogP contribution in [0.25, 0.3) is 11.1 Å². The summed E-state index contributed by atoms with van der Waals surface area (Å²) in [6.07, 6.45) is 1.06. The van der Waals surface area contributed by atoms with Gasteiger partial charge in [0.05, 0.1) is 10.2 Å². The van der Waals surface area contributed by atoms with E-state index in [4.69, 9.17) is 0 Å². The summed E-state index contributed by atoms with van der Waals surface area (Å²) >= 11 is 0. The maximum Gasteiger partial charge on any atom is 0.0720 e. The Morgan fingerprint density at radius 2 is 1.65 bits per heavy atom. The van der Waals surface area contributed by atoms with Crippen LogP contribution in [0.3, 0.4) is 0 Å². The Balaban J connectivity index is 2.41. The fourth-order valence-corrected chi connectivity index (χ4v) is 3.28. The van der Waals surface area contributed by atoms with Crippen LogP contribution in [0.15, 0.2) is 24.3 Å². The van der Waals surface area contributed by atoms with E-state index in [1.54, 1.807) is 0 Å². The third-order valence-corrected chi connectivity index (χ3v) is 4.81. The standard InChI is InChI=1S/C16H15Si/c1-9-10(2)15-13-7-5-4-6-12(13)8-14(15)16(17)11(9)3/h4-7H,8H2,1-3H3. The SMILES string of the molecule is Cc1c(C)c([Si])c2c(c1C)-c1ccccc1C2. The Morgan fingerprint density at radius 1 is 0.941 bits per heavy atom.